The van der Waals surface area contributed by atoms with Crippen molar-refractivity contribution < 1.29 is 46.7 Å². The van der Waals surface area contributed by atoms with E-state index in [1.807, 2.05) is 5.32 Å². The standard InChI is InChI=1S/C28H29F3N4O7/c1-35(2)22-13-21(33-27(38)39)20(12-19(22)28(29,30)31)32-25(37)14-23(36)16-6-5-7-17(10-16)24-11-18(34-42-24)15-41-26-8-3-4-9-40-26/h5-7,10-13,26,33H,3-4,8-9,14-15H2,1-2H3,(H,32,37)(H,38,39). The Kier molecular flexibility index (Phi) is 9.48. The van der Waals surface area contributed by atoms with Gasteiger partial charge in [-0.2, -0.15) is 13.2 Å². The summed E-state index contributed by atoms with van der Waals surface area (Å²) in [5, 5.41) is 17.3. The first-order valence-corrected chi connectivity index (χ1v) is 13.0. The third kappa shape index (κ3) is 7.85. The fourth-order valence-corrected chi connectivity index (χ4v) is 4.33. The van der Waals surface area contributed by atoms with E-state index in [1.165, 1.54) is 26.2 Å². The van der Waals surface area contributed by atoms with Crippen molar-refractivity contribution in [3.63, 3.8) is 0 Å². The molecule has 224 valence electrons. The Bertz CT molecular complexity index is 1450. The van der Waals surface area contributed by atoms with E-state index in [0.29, 0.717) is 29.7 Å². The minimum Gasteiger partial charge on any atom is -0.465 e. The number of anilines is 3. The average molecular weight is 591 g/mol. The van der Waals surface area contributed by atoms with Gasteiger partial charge in [0.1, 0.15) is 5.69 Å². The number of amides is 2. The number of nitrogens with zero attached hydrogens (tertiary/aromatic N) is 2. The van der Waals surface area contributed by atoms with E-state index < -0.39 is 41.6 Å². The molecule has 1 aliphatic rings. The summed E-state index contributed by atoms with van der Waals surface area (Å²) in [5.74, 6) is -1.20. The lowest BCUT2D eigenvalue weighted by atomic mass is 10.0. The minimum atomic E-state index is -4.80. The SMILES string of the molecule is CN(C)c1cc(NC(=O)O)c(NC(=O)CC(=O)c2cccc(-c3cc(COC4CCCCO4)no3)c2)cc1C(F)(F)F. The summed E-state index contributed by atoms with van der Waals surface area (Å²) in [6, 6.07) is 9.47. The molecule has 3 aromatic rings. The highest BCUT2D eigenvalue weighted by Crippen LogP contribution is 2.41. The molecule has 42 heavy (non-hydrogen) atoms. The van der Waals surface area contributed by atoms with Gasteiger partial charge in [0.2, 0.25) is 5.91 Å². The molecule has 2 amide bonds. The number of carbonyl (C=O) groups excluding carboxylic acids is 2. The van der Waals surface area contributed by atoms with Crippen molar-refractivity contribution in [1.29, 1.82) is 0 Å². The van der Waals surface area contributed by atoms with E-state index in [4.69, 9.17) is 19.1 Å². The fourth-order valence-electron chi connectivity index (χ4n) is 4.33. The number of halogens is 3. The first kappa shape index (κ1) is 30.5. The van der Waals surface area contributed by atoms with E-state index in [0.717, 1.165) is 30.2 Å². The van der Waals surface area contributed by atoms with E-state index in [1.54, 1.807) is 18.2 Å². The number of hydrogen-bond acceptors (Lipinski definition) is 8. The summed E-state index contributed by atoms with van der Waals surface area (Å²) < 4.78 is 57.7. The number of carbonyl (C=O) groups is 3. The lowest BCUT2D eigenvalue weighted by Crippen LogP contribution is -2.22. The zero-order valence-electron chi connectivity index (χ0n) is 22.8. The largest absolute Gasteiger partial charge is 0.465 e. The van der Waals surface area contributed by atoms with Gasteiger partial charge in [-0.25, -0.2) is 4.79 Å². The highest BCUT2D eigenvalue weighted by atomic mass is 19.4. The maximum atomic E-state index is 13.7. The van der Waals surface area contributed by atoms with Crippen LogP contribution in [-0.2, 0) is 27.1 Å². The van der Waals surface area contributed by atoms with E-state index in [-0.39, 0.29) is 29.8 Å². The summed E-state index contributed by atoms with van der Waals surface area (Å²) in [6.07, 6.45) is -4.55. The van der Waals surface area contributed by atoms with Gasteiger partial charge in [-0.1, -0.05) is 23.4 Å². The quantitative estimate of drug-likeness (QED) is 0.198. The smallest absolute Gasteiger partial charge is 0.418 e. The molecule has 3 N–H and O–H groups in total. The Morgan fingerprint density at radius 2 is 1.86 bits per heavy atom. The fraction of sp³-hybridized carbons (Fsp3) is 0.357. The maximum absolute atomic E-state index is 13.7. The second-order valence-electron chi connectivity index (χ2n) is 9.76. The van der Waals surface area contributed by atoms with Crippen molar-refractivity contribution in [2.75, 3.05) is 36.2 Å². The number of ketones is 1. The summed E-state index contributed by atoms with van der Waals surface area (Å²) in [4.78, 5) is 38.0. The van der Waals surface area contributed by atoms with Crippen LogP contribution >= 0.6 is 0 Å². The van der Waals surface area contributed by atoms with Gasteiger partial charge >= 0.3 is 12.3 Å². The molecule has 0 radical (unpaired) electrons. The topological polar surface area (TPSA) is 143 Å². The second kappa shape index (κ2) is 13.0. The highest BCUT2D eigenvalue weighted by molar-refractivity contribution is 6.12. The number of Topliss-reactive ketones (excluding diaryl/α,β-unsaturated/α-hetero) is 1. The number of rotatable bonds is 10. The number of benzene rings is 2. The molecule has 2 heterocycles. The Morgan fingerprint density at radius 3 is 2.52 bits per heavy atom. The van der Waals surface area contributed by atoms with Crippen LogP contribution in [0.5, 0.6) is 0 Å². The van der Waals surface area contributed by atoms with Gasteiger partial charge in [0.25, 0.3) is 0 Å². The van der Waals surface area contributed by atoms with Gasteiger partial charge in [0.05, 0.1) is 35.7 Å². The molecule has 1 aromatic heterocycles. The predicted molar refractivity (Wildman–Crippen MR) is 145 cm³/mol. The molecule has 4 rings (SSSR count). The molecule has 1 unspecified atom stereocenters. The number of aromatic nitrogens is 1. The highest BCUT2D eigenvalue weighted by Gasteiger charge is 2.35. The van der Waals surface area contributed by atoms with Crippen LogP contribution in [0, 0.1) is 0 Å². The predicted octanol–water partition coefficient (Wildman–Crippen LogP) is 5.77. The Labute approximate surface area is 238 Å². The second-order valence-corrected chi connectivity index (χ2v) is 9.76. The average Bonchev–Trinajstić information content (AvgIpc) is 3.41. The van der Waals surface area contributed by atoms with E-state index in [2.05, 4.69) is 10.5 Å². The lowest BCUT2D eigenvalue weighted by Gasteiger charge is -2.22. The van der Waals surface area contributed by atoms with Crippen molar-refractivity contribution in [2.45, 2.75) is 44.8 Å². The molecule has 1 fully saturated rings. The number of ether oxygens (including phenoxy) is 2. The molecule has 14 heteroatoms. The molecule has 2 aromatic carbocycles. The summed E-state index contributed by atoms with van der Waals surface area (Å²) in [7, 11) is 2.72. The number of alkyl halides is 3. The van der Waals surface area contributed by atoms with Crippen molar-refractivity contribution in [1.82, 2.24) is 5.16 Å². The number of carboxylic acid groups (broad SMARTS) is 1. The van der Waals surface area contributed by atoms with Crippen LogP contribution in [-0.4, -0.2) is 55.0 Å². The molecule has 0 spiro atoms. The molecule has 1 atom stereocenters. The molecule has 11 nitrogen and oxygen atoms in total. The summed E-state index contributed by atoms with van der Waals surface area (Å²) >= 11 is 0. The van der Waals surface area contributed by atoms with Crippen LogP contribution in [0.2, 0.25) is 0 Å². The number of nitrogens with one attached hydrogen (secondary N) is 2. The van der Waals surface area contributed by atoms with Crippen LogP contribution in [0.25, 0.3) is 11.3 Å². The van der Waals surface area contributed by atoms with E-state index >= 15 is 0 Å². The van der Waals surface area contributed by atoms with E-state index in [9.17, 15) is 27.6 Å². The summed E-state index contributed by atoms with van der Waals surface area (Å²) in [5.41, 5.74) is -0.965. The van der Waals surface area contributed by atoms with Gasteiger partial charge in [0.15, 0.2) is 17.8 Å². The molecule has 1 saturated heterocycles. The van der Waals surface area contributed by atoms with Crippen LogP contribution in [0.3, 0.4) is 0 Å². The monoisotopic (exact) mass is 590 g/mol. The van der Waals surface area contributed by atoms with Crippen molar-refractivity contribution in [2.24, 2.45) is 0 Å². The van der Waals surface area contributed by atoms with Crippen molar-refractivity contribution in [3.05, 3.63) is 59.3 Å². The van der Waals surface area contributed by atoms with Gasteiger partial charge in [-0.3, -0.25) is 14.9 Å². The molecular formula is C28H29F3N4O7. The zero-order valence-corrected chi connectivity index (χ0v) is 22.8. The summed E-state index contributed by atoms with van der Waals surface area (Å²) in [6.45, 7) is 0.822. The first-order valence-electron chi connectivity index (χ1n) is 13.0. The lowest BCUT2D eigenvalue weighted by molar-refractivity contribution is -0.169. The minimum absolute atomic E-state index is 0.148. The third-order valence-corrected chi connectivity index (χ3v) is 6.34. The molecule has 0 bridgehead atoms. The molecule has 0 aliphatic carbocycles. The molecular weight excluding hydrogens is 561 g/mol. The Balaban J connectivity index is 1.46. The van der Waals surface area contributed by atoms with Crippen LogP contribution in [0.1, 0.15) is 47.3 Å². The van der Waals surface area contributed by atoms with Crippen molar-refractivity contribution in [3.8, 4) is 11.3 Å². The van der Waals surface area contributed by atoms with Crippen LogP contribution in [0.15, 0.2) is 47.0 Å². The Hall–Kier alpha value is -4.43. The normalized spacial score (nSPS) is 15.2. The molecule has 1 aliphatic heterocycles. The van der Waals surface area contributed by atoms with Gasteiger partial charge in [-0.15, -0.1) is 0 Å². The first-order chi connectivity index (χ1) is 19.9. The third-order valence-electron chi connectivity index (χ3n) is 6.34. The van der Waals surface area contributed by atoms with Gasteiger partial charge in [0, 0.05) is 37.9 Å². The van der Waals surface area contributed by atoms with Crippen LogP contribution < -0.4 is 15.5 Å². The molecule has 0 saturated carbocycles. The van der Waals surface area contributed by atoms with Gasteiger partial charge in [-0.05, 0) is 37.5 Å². The van der Waals surface area contributed by atoms with Crippen LogP contribution in [0.4, 0.5) is 35.0 Å². The zero-order chi connectivity index (χ0) is 30.4. The van der Waals surface area contributed by atoms with Crippen molar-refractivity contribution >= 4 is 34.8 Å². The van der Waals surface area contributed by atoms with Gasteiger partial charge < -0.3 is 29.3 Å². The Morgan fingerprint density at radius 1 is 1.10 bits per heavy atom. The number of hydrogen-bond donors (Lipinski definition) is 3. The maximum Gasteiger partial charge on any atom is 0.418 e.